The molecule has 0 radical (unpaired) electrons. The molecule has 4 nitrogen and oxygen atoms in total. The monoisotopic (exact) mass is 246 g/mol. The van der Waals surface area contributed by atoms with Gasteiger partial charge in [0.25, 0.3) is 0 Å². The quantitative estimate of drug-likeness (QED) is 0.819. The molecule has 1 unspecified atom stereocenters. The standard InChI is InChI=1S/C14H22N4/c1-2-3-6-14-13(12-15)5-4-9-18(14)17-10-7-16-8-11-17/h4-5,9,14,16H,2-3,6-8,10-11H2,1H3. The van der Waals surface area contributed by atoms with E-state index in [0.717, 1.165) is 38.2 Å². The van der Waals surface area contributed by atoms with Gasteiger partial charge in [-0.15, -0.1) is 0 Å². The molecule has 0 aliphatic carbocycles. The largest absolute Gasteiger partial charge is 0.314 e. The summed E-state index contributed by atoms with van der Waals surface area (Å²) >= 11 is 0. The summed E-state index contributed by atoms with van der Waals surface area (Å²) in [5, 5.41) is 17.3. The van der Waals surface area contributed by atoms with Gasteiger partial charge in [0.15, 0.2) is 0 Å². The second-order valence-electron chi connectivity index (χ2n) is 4.82. The lowest BCUT2D eigenvalue weighted by Gasteiger charge is -2.43. The van der Waals surface area contributed by atoms with E-state index in [-0.39, 0.29) is 6.04 Å². The van der Waals surface area contributed by atoms with Gasteiger partial charge in [0.2, 0.25) is 0 Å². The third-order valence-corrected chi connectivity index (χ3v) is 3.57. The van der Waals surface area contributed by atoms with Crippen LogP contribution in [0.15, 0.2) is 23.9 Å². The highest BCUT2D eigenvalue weighted by molar-refractivity contribution is 5.34. The molecule has 0 spiro atoms. The van der Waals surface area contributed by atoms with Crippen LogP contribution in [0.3, 0.4) is 0 Å². The summed E-state index contributed by atoms with van der Waals surface area (Å²) in [6, 6.07) is 2.59. The van der Waals surface area contributed by atoms with Crippen LogP contribution >= 0.6 is 0 Å². The zero-order valence-corrected chi connectivity index (χ0v) is 11.1. The molecule has 1 saturated heterocycles. The van der Waals surface area contributed by atoms with Crippen LogP contribution < -0.4 is 5.32 Å². The van der Waals surface area contributed by atoms with Gasteiger partial charge in [-0.2, -0.15) is 5.26 Å². The third-order valence-electron chi connectivity index (χ3n) is 3.57. The molecule has 2 aliphatic rings. The van der Waals surface area contributed by atoms with Crippen LogP contribution in [0.1, 0.15) is 26.2 Å². The predicted molar refractivity (Wildman–Crippen MR) is 72.4 cm³/mol. The lowest BCUT2D eigenvalue weighted by Crippen LogP contribution is -2.54. The molecule has 4 heteroatoms. The van der Waals surface area contributed by atoms with Gasteiger partial charge >= 0.3 is 0 Å². The summed E-state index contributed by atoms with van der Waals surface area (Å²) in [5.74, 6) is 0. The van der Waals surface area contributed by atoms with E-state index < -0.39 is 0 Å². The van der Waals surface area contributed by atoms with Crippen molar-refractivity contribution in [2.45, 2.75) is 32.2 Å². The fourth-order valence-corrected chi connectivity index (χ4v) is 2.56. The Labute approximate surface area is 110 Å². The predicted octanol–water partition coefficient (Wildman–Crippen LogP) is 1.64. The number of hydrogen-bond donors (Lipinski definition) is 1. The topological polar surface area (TPSA) is 42.3 Å². The van der Waals surface area contributed by atoms with Crippen molar-refractivity contribution in [1.29, 1.82) is 5.26 Å². The van der Waals surface area contributed by atoms with Crippen molar-refractivity contribution in [3.05, 3.63) is 23.9 Å². The van der Waals surface area contributed by atoms with Crippen molar-refractivity contribution in [3.8, 4) is 6.07 Å². The number of nitrogens with zero attached hydrogens (tertiary/aromatic N) is 3. The lowest BCUT2D eigenvalue weighted by molar-refractivity contribution is -0.0169. The van der Waals surface area contributed by atoms with Crippen LogP contribution in [0.2, 0.25) is 0 Å². The molecule has 18 heavy (non-hydrogen) atoms. The summed E-state index contributed by atoms with van der Waals surface area (Å²) < 4.78 is 0. The zero-order valence-electron chi connectivity index (χ0n) is 11.1. The number of allylic oxidation sites excluding steroid dienone is 2. The van der Waals surface area contributed by atoms with Gasteiger partial charge in [0.1, 0.15) is 0 Å². The minimum absolute atomic E-state index is 0.234. The first-order valence-electron chi connectivity index (χ1n) is 6.89. The number of rotatable bonds is 4. The van der Waals surface area contributed by atoms with Crippen molar-refractivity contribution >= 4 is 0 Å². The molecule has 1 N–H and O–H groups in total. The first kappa shape index (κ1) is 13.1. The Morgan fingerprint density at radius 3 is 2.89 bits per heavy atom. The number of unbranched alkanes of at least 4 members (excludes halogenated alkanes) is 1. The van der Waals surface area contributed by atoms with E-state index in [2.05, 4.69) is 34.5 Å². The van der Waals surface area contributed by atoms with Gasteiger partial charge in [-0.3, -0.25) is 0 Å². The smallest absolute Gasteiger partial charge is 0.0969 e. The van der Waals surface area contributed by atoms with Crippen LogP contribution in [-0.4, -0.2) is 42.2 Å². The van der Waals surface area contributed by atoms with Crippen molar-refractivity contribution in [2.24, 2.45) is 0 Å². The highest BCUT2D eigenvalue weighted by atomic mass is 15.6. The molecule has 0 aromatic rings. The molecule has 1 fully saturated rings. The van der Waals surface area contributed by atoms with E-state index in [1.165, 1.54) is 12.8 Å². The highest BCUT2D eigenvalue weighted by Gasteiger charge is 2.27. The van der Waals surface area contributed by atoms with Crippen molar-refractivity contribution < 1.29 is 0 Å². The van der Waals surface area contributed by atoms with Gasteiger partial charge in [-0.1, -0.05) is 19.8 Å². The summed E-state index contributed by atoms with van der Waals surface area (Å²) in [6.07, 6.45) is 9.47. The van der Waals surface area contributed by atoms with Crippen LogP contribution in [0, 0.1) is 11.3 Å². The molecule has 1 atom stereocenters. The molecule has 0 amide bonds. The number of nitrogens with one attached hydrogen (secondary N) is 1. The van der Waals surface area contributed by atoms with Gasteiger partial charge in [-0.25, -0.2) is 5.01 Å². The molecular weight excluding hydrogens is 224 g/mol. The maximum absolute atomic E-state index is 9.27. The maximum atomic E-state index is 9.27. The Bertz CT molecular complexity index is 360. The van der Waals surface area contributed by atoms with Crippen LogP contribution in [0.4, 0.5) is 0 Å². The molecule has 98 valence electrons. The second kappa shape index (κ2) is 6.58. The van der Waals surface area contributed by atoms with Gasteiger partial charge in [-0.05, 0) is 18.6 Å². The average molecular weight is 246 g/mol. The van der Waals surface area contributed by atoms with E-state index >= 15 is 0 Å². The Hall–Kier alpha value is -1.31. The maximum Gasteiger partial charge on any atom is 0.0969 e. The number of nitriles is 1. The molecule has 2 heterocycles. The normalized spacial score (nSPS) is 24.8. The van der Waals surface area contributed by atoms with Crippen LogP contribution in [0.25, 0.3) is 0 Å². The highest BCUT2D eigenvalue weighted by Crippen LogP contribution is 2.23. The summed E-state index contributed by atoms with van der Waals surface area (Å²) in [6.45, 7) is 6.29. The molecule has 0 bridgehead atoms. The molecule has 0 saturated carbocycles. The van der Waals surface area contributed by atoms with Crippen molar-refractivity contribution in [1.82, 2.24) is 15.3 Å². The average Bonchev–Trinajstić information content (AvgIpc) is 2.45. The second-order valence-corrected chi connectivity index (χ2v) is 4.82. The number of piperazine rings is 1. The van der Waals surface area contributed by atoms with E-state index in [4.69, 9.17) is 0 Å². The fourth-order valence-electron chi connectivity index (χ4n) is 2.56. The summed E-state index contributed by atoms with van der Waals surface area (Å²) in [7, 11) is 0. The molecule has 2 rings (SSSR count). The van der Waals surface area contributed by atoms with E-state index in [1.807, 2.05) is 12.2 Å². The molecule has 2 aliphatic heterocycles. The van der Waals surface area contributed by atoms with E-state index in [1.54, 1.807) is 0 Å². The van der Waals surface area contributed by atoms with Gasteiger partial charge in [0.05, 0.1) is 17.7 Å². The van der Waals surface area contributed by atoms with Gasteiger partial charge in [0, 0.05) is 32.4 Å². The van der Waals surface area contributed by atoms with E-state index in [0.29, 0.717) is 0 Å². The Morgan fingerprint density at radius 2 is 2.22 bits per heavy atom. The minimum Gasteiger partial charge on any atom is -0.314 e. The van der Waals surface area contributed by atoms with Gasteiger partial charge < -0.3 is 10.3 Å². The third kappa shape index (κ3) is 2.92. The minimum atomic E-state index is 0.234. The SMILES string of the molecule is CCCCC1C(C#N)=CC=CN1N1CCNCC1. The lowest BCUT2D eigenvalue weighted by atomic mass is 9.99. The number of hydrazine groups is 1. The Morgan fingerprint density at radius 1 is 1.44 bits per heavy atom. The Kier molecular flexibility index (Phi) is 4.80. The summed E-state index contributed by atoms with van der Waals surface area (Å²) in [4.78, 5) is 0. The van der Waals surface area contributed by atoms with E-state index in [9.17, 15) is 5.26 Å². The van der Waals surface area contributed by atoms with Crippen LogP contribution in [0.5, 0.6) is 0 Å². The van der Waals surface area contributed by atoms with Crippen molar-refractivity contribution in [3.63, 3.8) is 0 Å². The first-order valence-corrected chi connectivity index (χ1v) is 6.89. The Balaban J connectivity index is 2.08. The molecular formula is C14H22N4. The van der Waals surface area contributed by atoms with Crippen molar-refractivity contribution in [2.75, 3.05) is 26.2 Å². The molecule has 0 aromatic carbocycles. The first-order chi connectivity index (χ1) is 8.86. The molecule has 0 aromatic heterocycles. The fraction of sp³-hybridized carbons (Fsp3) is 0.643. The van der Waals surface area contributed by atoms with Crippen LogP contribution in [-0.2, 0) is 0 Å². The number of hydrogen-bond acceptors (Lipinski definition) is 4. The zero-order chi connectivity index (χ0) is 12.8. The summed E-state index contributed by atoms with van der Waals surface area (Å²) in [5.41, 5.74) is 0.893.